The molecule has 1 unspecified atom stereocenters. The first kappa shape index (κ1) is 12.2. The van der Waals surface area contributed by atoms with Crippen LogP contribution in [-0.4, -0.2) is 10.2 Å². The molecule has 0 aliphatic heterocycles. The monoisotopic (exact) mass is 248 g/mol. The quantitative estimate of drug-likeness (QED) is 0.644. The van der Waals surface area contributed by atoms with Gasteiger partial charge in [0.1, 0.15) is 0 Å². The predicted molar refractivity (Wildman–Crippen MR) is 69.7 cm³/mol. The second-order valence-corrected chi connectivity index (χ2v) is 5.04. The molecular weight excluding hydrogens is 232 g/mol. The van der Waals surface area contributed by atoms with Crippen LogP contribution in [0.15, 0.2) is 17.5 Å². The van der Waals surface area contributed by atoms with Gasteiger partial charge in [-0.2, -0.15) is 10.2 Å². The molecule has 3 N–H and O–H groups in total. The van der Waals surface area contributed by atoms with Crippen LogP contribution in [0.1, 0.15) is 33.4 Å². The predicted octanol–water partition coefficient (Wildman–Crippen LogP) is 2.02. The van der Waals surface area contributed by atoms with E-state index in [9.17, 15) is 0 Å². The van der Waals surface area contributed by atoms with E-state index >= 15 is 0 Å². The highest BCUT2D eigenvalue weighted by Gasteiger charge is 2.19. The van der Waals surface area contributed by atoms with Crippen LogP contribution in [0.25, 0.3) is 0 Å². The molecule has 1 atom stereocenters. The first-order valence-corrected chi connectivity index (χ1v) is 6.32. The number of thiophene rings is 1. The molecule has 17 heavy (non-hydrogen) atoms. The van der Waals surface area contributed by atoms with E-state index in [0.717, 1.165) is 17.0 Å². The van der Waals surface area contributed by atoms with Gasteiger partial charge in [0.15, 0.2) is 0 Å². The molecule has 0 fully saturated rings. The van der Waals surface area contributed by atoms with Crippen molar-refractivity contribution >= 4 is 11.3 Å². The minimum absolute atomic E-state index is 0.0100. The average molecular weight is 248 g/mol. The fourth-order valence-corrected chi connectivity index (χ4v) is 2.85. The van der Waals surface area contributed by atoms with Crippen LogP contribution in [0, 0.1) is 20.8 Å². The Morgan fingerprint density at radius 2 is 2.06 bits per heavy atom. The van der Waals surface area contributed by atoms with E-state index in [2.05, 4.69) is 34.0 Å². The maximum absolute atomic E-state index is 5.69. The van der Waals surface area contributed by atoms with Gasteiger partial charge in [0.2, 0.25) is 0 Å². The molecule has 2 rings (SSSR count). The van der Waals surface area contributed by atoms with Gasteiger partial charge in [0.25, 0.3) is 0 Å². The normalized spacial score (nSPS) is 12.7. The van der Waals surface area contributed by atoms with Gasteiger partial charge in [-0.15, -0.1) is 11.3 Å². The molecule has 90 valence electrons. The molecule has 0 amide bonds. The minimum Gasteiger partial charge on any atom is -0.271 e. The molecule has 0 radical (unpaired) electrons. The standard InChI is InChI=1S/C12H16N4S/c1-7-4-5-17-12(7)11(14-13)10-6-8(2)15-16-9(10)3/h4-6,11,14H,13H2,1-3H3. The number of hydrogen-bond donors (Lipinski definition) is 2. The highest BCUT2D eigenvalue weighted by molar-refractivity contribution is 7.10. The van der Waals surface area contributed by atoms with Crippen molar-refractivity contribution in [2.45, 2.75) is 26.8 Å². The number of nitrogens with one attached hydrogen (secondary N) is 1. The topological polar surface area (TPSA) is 63.8 Å². The summed E-state index contributed by atoms with van der Waals surface area (Å²) in [6.45, 7) is 5.98. The van der Waals surface area contributed by atoms with Crippen molar-refractivity contribution in [3.63, 3.8) is 0 Å². The summed E-state index contributed by atoms with van der Waals surface area (Å²) in [5.74, 6) is 5.69. The Morgan fingerprint density at radius 1 is 1.29 bits per heavy atom. The summed E-state index contributed by atoms with van der Waals surface area (Å²) in [4.78, 5) is 1.23. The second-order valence-electron chi connectivity index (χ2n) is 4.09. The summed E-state index contributed by atoms with van der Waals surface area (Å²) in [5, 5.41) is 10.3. The first-order chi connectivity index (χ1) is 8.13. The molecule has 0 aromatic carbocycles. The Labute approximate surface area is 105 Å². The van der Waals surface area contributed by atoms with E-state index in [0.29, 0.717) is 0 Å². The Morgan fingerprint density at radius 3 is 2.65 bits per heavy atom. The van der Waals surface area contributed by atoms with Crippen LogP contribution in [0.3, 0.4) is 0 Å². The molecule has 0 spiro atoms. The Bertz CT molecular complexity index is 521. The van der Waals surface area contributed by atoms with Gasteiger partial charge in [0, 0.05) is 10.4 Å². The number of hydrazine groups is 1. The second kappa shape index (κ2) is 4.91. The molecule has 0 aliphatic rings. The lowest BCUT2D eigenvalue weighted by molar-refractivity contribution is 0.632. The van der Waals surface area contributed by atoms with Crippen LogP contribution in [0.5, 0.6) is 0 Å². The van der Waals surface area contributed by atoms with E-state index in [-0.39, 0.29) is 6.04 Å². The number of nitrogens with zero attached hydrogens (tertiary/aromatic N) is 2. The van der Waals surface area contributed by atoms with E-state index < -0.39 is 0 Å². The first-order valence-electron chi connectivity index (χ1n) is 5.44. The molecule has 0 aliphatic carbocycles. The summed E-state index contributed by atoms with van der Waals surface area (Å²) in [5.41, 5.74) is 7.01. The maximum Gasteiger partial charge on any atom is 0.0823 e. The molecule has 2 aromatic heterocycles. The maximum atomic E-state index is 5.69. The van der Waals surface area contributed by atoms with Crippen LogP contribution in [0.4, 0.5) is 0 Å². The molecule has 5 heteroatoms. The number of aromatic nitrogens is 2. The third-order valence-corrected chi connectivity index (χ3v) is 3.87. The molecule has 0 saturated heterocycles. The van der Waals surface area contributed by atoms with Crippen LogP contribution in [-0.2, 0) is 0 Å². The fourth-order valence-electron chi connectivity index (χ4n) is 1.85. The lowest BCUT2D eigenvalue weighted by Crippen LogP contribution is -2.29. The molecule has 0 saturated carbocycles. The molecule has 2 aromatic rings. The average Bonchev–Trinajstić information content (AvgIpc) is 2.71. The SMILES string of the molecule is Cc1cc(C(NN)c2sccc2C)c(C)nn1. The van der Waals surface area contributed by atoms with Crippen molar-refractivity contribution in [2.75, 3.05) is 0 Å². The summed E-state index contributed by atoms with van der Waals surface area (Å²) < 4.78 is 0. The number of hydrogen-bond acceptors (Lipinski definition) is 5. The van der Waals surface area contributed by atoms with Gasteiger partial charge < -0.3 is 0 Å². The Hall–Kier alpha value is -1.30. The van der Waals surface area contributed by atoms with E-state index in [1.807, 2.05) is 19.9 Å². The van der Waals surface area contributed by atoms with E-state index in [1.165, 1.54) is 10.4 Å². The van der Waals surface area contributed by atoms with Gasteiger partial charge in [0.05, 0.1) is 17.4 Å². The number of nitrogens with two attached hydrogens (primary N) is 1. The summed E-state index contributed by atoms with van der Waals surface area (Å²) in [6, 6.07) is 4.12. The summed E-state index contributed by atoms with van der Waals surface area (Å²) in [7, 11) is 0. The fraction of sp³-hybridized carbons (Fsp3) is 0.333. The van der Waals surface area contributed by atoms with Crippen molar-refractivity contribution in [3.8, 4) is 0 Å². The van der Waals surface area contributed by atoms with Crippen LogP contribution < -0.4 is 11.3 Å². The van der Waals surface area contributed by atoms with E-state index in [1.54, 1.807) is 11.3 Å². The largest absolute Gasteiger partial charge is 0.271 e. The van der Waals surface area contributed by atoms with Crippen molar-refractivity contribution in [1.29, 1.82) is 0 Å². The van der Waals surface area contributed by atoms with Gasteiger partial charge in [-0.25, -0.2) is 5.43 Å². The van der Waals surface area contributed by atoms with Crippen LogP contribution in [0.2, 0.25) is 0 Å². The minimum atomic E-state index is -0.0100. The Kier molecular flexibility index (Phi) is 3.51. The Balaban J connectivity index is 2.49. The van der Waals surface area contributed by atoms with Crippen molar-refractivity contribution in [1.82, 2.24) is 15.6 Å². The van der Waals surface area contributed by atoms with Crippen LogP contribution >= 0.6 is 11.3 Å². The highest BCUT2D eigenvalue weighted by Crippen LogP contribution is 2.29. The zero-order chi connectivity index (χ0) is 12.4. The highest BCUT2D eigenvalue weighted by atomic mass is 32.1. The van der Waals surface area contributed by atoms with Gasteiger partial charge in [-0.1, -0.05) is 0 Å². The van der Waals surface area contributed by atoms with Crippen molar-refractivity contribution in [2.24, 2.45) is 5.84 Å². The number of aryl methyl sites for hydroxylation is 3. The molecule has 2 heterocycles. The van der Waals surface area contributed by atoms with Crippen molar-refractivity contribution < 1.29 is 0 Å². The third-order valence-electron chi connectivity index (χ3n) is 2.78. The van der Waals surface area contributed by atoms with Gasteiger partial charge in [-0.3, -0.25) is 5.84 Å². The third kappa shape index (κ3) is 2.36. The molecule has 4 nitrogen and oxygen atoms in total. The zero-order valence-corrected chi connectivity index (χ0v) is 11.0. The molecular formula is C12H16N4S. The van der Waals surface area contributed by atoms with Gasteiger partial charge in [-0.05, 0) is 43.8 Å². The molecule has 0 bridgehead atoms. The van der Waals surface area contributed by atoms with Gasteiger partial charge >= 0.3 is 0 Å². The number of rotatable bonds is 3. The zero-order valence-electron chi connectivity index (χ0n) is 10.2. The lowest BCUT2D eigenvalue weighted by atomic mass is 10.0. The lowest BCUT2D eigenvalue weighted by Gasteiger charge is -2.17. The smallest absolute Gasteiger partial charge is 0.0823 e. The summed E-state index contributed by atoms with van der Waals surface area (Å²) >= 11 is 1.70. The van der Waals surface area contributed by atoms with E-state index in [4.69, 9.17) is 5.84 Å². The van der Waals surface area contributed by atoms with Crippen molar-refractivity contribution in [3.05, 3.63) is 44.9 Å². The summed E-state index contributed by atoms with van der Waals surface area (Å²) in [6.07, 6.45) is 0.